The predicted molar refractivity (Wildman–Crippen MR) is 137 cm³/mol. The third-order valence-corrected chi connectivity index (χ3v) is 7.71. The molecule has 1 heterocycles. The van der Waals surface area contributed by atoms with Crippen LogP contribution in [-0.4, -0.2) is 54.8 Å². The quantitative estimate of drug-likeness (QED) is 0.396. The lowest BCUT2D eigenvalue weighted by atomic mass is 9.57. The summed E-state index contributed by atoms with van der Waals surface area (Å²) in [7, 11) is 1.68. The average Bonchev–Trinajstić information content (AvgIpc) is 2.87. The van der Waals surface area contributed by atoms with E-state index in [2.05, 4.69) is 16.8 Å². The molecule has 0 spiro atoms. The fourth-order valence-corrected chi connectivity index (χ4v) is 6.03. The molecule has 0 radical (unpaired) electrons. The summed E-state index contributed by atoms with van der Waals surface area (Å²) in [5.41, 5.74) is 0.260. The Bertz CT molecular complexity index is 1150. The first-order valence-corrected chi connectivity index (χ1v) is 12.5. The molecule has 1 amide bonds. The Labute approximate surface area is 215 Å². The van der Waals surface area contributed by atoms with Gasteiger partial charge in [0.25, 0.3) is 0 Å². The monoisotopic (exact) mass is 514 g/mol. The SMILES string of the molecule is C=CCN1CCC2(c3cccc(O)c3)CC(NC(=O)C=Cc3cccc(C(F)(F)F)c3)CC(OC)C2C1. The standard InChI is InChI=1S/C29H33F3N2O3/c1-3-13-34-14-12-28(21-7-5-9-24(35)16-21)18-23(17-26(37-2)25(28)19-34)33-27(36)11-10-20-6-4-8-22(15-20)29(30,31)32/h3-11,15-16,23,25-26,35H,1,12-14,17-19H2,2H3,(H,33,36). The number of carbonyl (C=O) groups is 1. The molecule has 0 bridgehead atoms. The molecule has 4 rings (SSSR count). The van der Waals surface area contributed by atoms with E-state index >= 15 is 0 Å². The van der Waals surface area contributed by atoms with Gasteiger partial charge in [-0.3, -0.25) is 9.69 Å². The lowest BCUT2D eigenvalue weighted by Crippen LogP contribution is -2.61. The number of hydrogen-bond donors (Lipinski definition) is 2. The van der Waals surface area contributed by atoms with Crippen LogP contribution in [-0.2, 0) is 21.1 Å². The van der Waals surface area contributed by atoms with Crippen LogP contribution in [0.1, 0.15) is 36.0 Å². The Morgan fingerprint density at radius 2 is 2.05 bits per heavy atom. The predicted octanol–water partition coefficient (Wildman–Crippen LogP) is 5.16. The normalized spacial score (nSPS) is 26.5. The van der Waals surface area contributed by atoms with E-state index in [1.807, 2.05) is 18.2 Å². The van der Waals surface area contributed by atoms with Crippen molar-refractivity contribution in [2.75, 3.05) is 26.7 Å². The number of carbonyl (C=O) groups excluding carboxylic acids is 1. The zero-order chi connectivity index (χ0) is 26.6. The highest BCUT2D eigenvalue weighted by Crippen LogP contribution is 2.50. The van der Waals surface area contributed by atoms with Gasteiger partial charge in [-0.2, -0.15) is 13.2 Å². The fraction of sp³-hybridized carbons (Fsp3) is 0.414. The van der Waals surface area contributed by atoms with E-state index < -0.39 is 11.7 Å². The number of phenolic OH excluding ortho intramolecular Hbond substituents is 1. The summed E-state index contributed by atoms with van der Waals surface area (Å²) in [5, 5.41) is 13.3. The largest absolute Gasteiger partial charge is 0.508 e. The number of methoxy groups -OCH3 is 1. The zero-order valence-electron chi connectivity index (χ0n) is 20.9. The molecule has 2 aromatic rings. The van der Waals surface area contributed by atoms with Crippen LogP contribution in [0, 0.1) is 5.92 Å². The molecule has 1 aliphatic heterocycles. The number of halogens is 3. The second kappa shape index (κ2) is 11.1. The van der Waals surface area contributed by atoms with Crippen molar-refractivity contribution in [2.45, 2.75) is 43.0 Å². The maximum Gasteiger partial charge on any atom is 0.416 e. The maximum absolute atomic E-state index is 13.0. The van der Waals surface area contributed by atoms with Crippen LogP contribution in [0.4, 0.5) is 13.2 Å². The van der Waals surface area contributed by atoms with Gasteiger partial charge in [0.1, 0.15) is 5.75 Å². The number of ether oxygens (including phenoxy) is 1. The molecule has 2 aromatic carbocycles. The van der Waals surface area contributed by atoms with E-state index in [-0.39, 0.29) is 35.1 Å². The van der Waals surface area contributed by atoms with Crippen LogP contribution >= 0.6 is 0 Å². The second-order valence-corrected chi connectivity index (χ2v) is 9.99. The van der Waals surface area contributed by atoms with Crippen LogP contribution in [0.3, 0.4) is 0 Å². The van der Waals surface area contributed by atoms with Crippen LogP contribution in [0.2, 0.25) is 0 Å². The number of nitrogens with one attached hydrogen (secondary N) is 1. The molecule has 5 nitrogen and oxygen atoms in total. The second-order valence-electron chi connectivity index (χ2n) is 9.99. The summed E-state index contributed by atoms with van der Waals surface area (Å²) in [6.07, 6.45) is 2.12. The highest BCUT2D eigenvalue weighted by Gasteiger charge is 2.52. The molecule has 2 fully saturated rings. The van der Waals surface area contributed by atoms with E-state index in [0.29, 0.717) is 18.4 Å². The number of alkyl halides is 3. The molecule has 4 atom stereocenters. The van der Waals surface area contributed by atoms with Gasteiger partial charge in [-0.25, -0.2) is 0 Å². The third kappa shape index (κ3) is 6.08. The number of fused-ring (bicyclic) bond motifs is 1. The van der Waals surface area contributed by atoms with Gasteiger partial charge >= 0.3 is 6.18 Å². The smallest absolute Gasteiger partial charge is 0.416 e. The molecule has 0 aromatic heterocycles. The Morgan fingerprint density at radius 3 is 2.76 bits per heavy atom. The summed E-state index contributed by atoms with van der Waals surface area (Å²) >= 11 is 0. The first-order chi connectivity index (χ1) is 17.6. The van der Waals surface area contributed by atoms with Gasteiger partial charge in [-0.05, 0) is 67.3 Å². The number of piperidine rings is 1. The van der Waals surface area contributed by atoms with Gasteiger partial charge in [0.2, 0.25) is 5.91 Å². The Hall–Kier alpha value is -3.10. The molecule has 37 heavy (non-hydrogen) atoms. The van der Waals surface area contributed by atoms with Crippen molar-refractivity contribution in [3.05, 3.63) is 84.0 Å². The topological polar surface area (TPSA) is 61.8 Å². The van der Waals surface area contributed by atoms with Gasteiger partial charge in [0.15, 0.2) is 0 Å². The van der Waals surface area contributed by atoms with E-state index in [0.717, 1.165) is 43.8 Å². The van der Waals surface area contributed by atoms with Gasteiger partial charge in [-0.1, -0.05) is 30.3 Å². The number of likely N-dealkylation sites (tertiary alicyclic amines) is 1. The summed E-state index contributed by atoms with van der Waals surface area (Å²) in [6.45, 7) is 6.32. The number of benzene rings is 2. The van der Waals surface area contributed by atoms with E-state index in [9.17, 15) is 23.1 Å². The molecule has 1 saturated carbocycles. The van der Waals surface area contributed by atoms with Crippen molar-refractivity contribution in [3.63, 3.8) is 0 Å². The van der Waals surface area contributed by atoms with Crippen molar-refractivity contribution in [3.8, 4) is 5.75 Å². The molecule has 2 N–H and O–H groups in total. The molecule has 4 unspecified atom stereocenters. The molecule has 198 valence electrons. The molecule has 8 heteroatoms. The Kier molecular flexibility index (Phi) is 8.09. The average molecular weight is 515 g/mol. The van der Waals surface area contributed by atoms with E-state index in [1.165, 1.54) is 24.3 Å². The van der Waals surface area contributed by atoms with Crippen molar-refractivity contribution in [1.82, 2.24) is 10.2 Å². The maximum atomic E-state index is 13.0. The van der Waals surface area contributed by atoms with Crippen LogP contribution in [0.15, 0.2) is 67.3 Å². The van der Waals surface area contributed by atoms with Crippen molar-refractivity contribution in [1.29, 1.82) is 0 Å². The summed E-state index contributed by atoms with van der Waals surface area (Å²) in [4.78, 5) is 15.2. The minimum Gasteiger partial charge on any atom is -0.508 e. The Morgan fingerprint density at radius 1 is 1.27 bits per heavy atom. The van der Waals surface area contributed by atoms with Crippen LogP contribution in [0.25, 0.3) is 6.08 Å². The first-order valence-electron chi connectivity index (χ1n) is 12.5. The van der Waals surface area contributed by atoms with Gasteiger partial charge in [-0.15, -0.1) is 6.58 Å². The molecule has 1 saturated heterocycles. The summed E-state index contributed by atoms with van der Waals surface area (Å²) in [6, 6.07) is 12.0. The number of phenols is 1. The van der Waals surface area contributed by atoms with Crippen molar-refractivity contribution < 1.29 is 27.8 Å². The van der Waals surface area contributed by atoms with E-state index in [1.54, 1.807) is 19.2 Å². The molecular weight excluding hydrogens is 481 g/mol. The highest BCUT2D eigenvalue weighted by molar-refractivity contribution is 5.92. The lowest BCUT2D eigenvalue weighted by Gasteiger charge is -2.55. The Balaban J connectivity index is 1.56. The van der Waals surface area contributed by atoms with E-state index in [4.69, 9.17) is 4.74 Å². The highest BCUT2D eigenvalue weighted by atomic mass is 19.4. The number of nitrogens with zero attached hydrogens (tertiary/aromatic N) is 1. The third-order valence-electron chi connectivity index (χ3n) is 7.71. The number of hydrogen-bond acceptors (Lipinski definition) is 4. The summed E-state index contributed by atoms with van der Waals surface area (Å²) < 4.78 is 45.0. The van der Waals surface area contributed by atoms with Gasteiger partial charge < -0.3 is 15.2 Å². The molecular formula is C29H33F3N2O3. The number of aromatic hydroxyl groups is 1. The molecule has 2 aliphatic rings. The fourth-order valence-electron chi connectivity index (χ4n) is 6.03. The van der Waals surface area contributed by atoms with Gasteiger partial charge in [0.05, 0.1) is 11.7 Å². The number of amides is 1. The van der Waals surface area contributed by atoms with Crippen LogP contribution in [0.5, 0.6) is 5.75 Å². The van der Waals surface area contributed by atoms with Gasteiger partial charge in [0, 0.05) is 43.7 Å². The first kappa shape index (κ1) is 26.9. The van der Waals surface area contributed by atoms with Crippen LogP contribution < -0.4 is 5.32 Å². The van der Waals surface area contributed by atoms with Crippen molar-refractivity contribution >= 4 is 12.0 Å². The zero-order valence-corrected chi connectivity index (χ0v) is 20.9. The summed E-state index contributed by atoms with van der Waals surface area (Å²) in [5.74, 6) is -0.0176. The lowest BCUT2D eigenvalue weighted by molar-refractivity contribution is -0.137. The molecule has 1 aliphatic carbocycles. The number of rotatable bonds is 7. The van der Waals surface area contributed by atoms with Crippen molar-refractivity contribution in [2.24, 2.45) is 5.92 Å². The minimum atomic E-state index is -4.44. The minimum absolute atomic E-state index is 0.124.